The number of thiol groups is 1. The van der Waals surface area contributed by atoms with Crippen molar-refractivity contribution < 1.29 is 0 Å². The Hall–Kier alpha value is 0.310. The van der Waals surface area contributed by atoms with Gasteiger partial charge in [-0.05, 0) is 37.6 Å². The van der Waals surface area contributed by atoms with E-state index >= 15 is 0 Å². The van der Waals surface area contributed by atoms with E-state index in [2.05, 4.69) is 17.9 Å². The van der Waals surface area contributed by atoms with Crippen molar-refractivity contribution in [3.8, 4) is 0 Å². The minimum absolute atomic E-state index is 1.01. The molecule has 0 bridgehead atoms. The van der Waals surface area contributed by atoms with Gasteiger partial charge in [0, 0.05) is 0 Å². The Morgan fingerprint density at radius 1 is 1.17 bits per heavy atom. The Labute approximate surface area is 81.7 Å². The summed E-state index contributed by atoms with van der Waals surface area (Å²) in [5.74, 6) is 2.05. The molecule has 72 valence electrons. The molecule has 0 atom stereocenters. The third-order valence-electron chi connectivity index (χ3n) is 2.72. The van der Waals surface area contributed by atoms with E-state index < -0.39 is 0 Å². The first kappa shape index (κ1) is 10.4. The van der Waals surface area contributed by atoms with Crippen molar-refractivity contribution in [2.45, 2.75) is 38.5 Å². The summed E-state index contributed by atoms with van der Waals surface area (Å²) in [4.78, 5) is 0. The summed E-state index contributed by atoms with van der Waals surface area (Å²) in [7, 11) is 0. The fourth-order valence-electron chi connectivity index (χ4n) is 1.93. The highest BCUT2D eigenvalue weighted by atomic mass is 32.1. The minimum Gasteiger partial charge on any atom is -0.317 e. The normalized spacial score (nSPS) is 18.8. The number of hydrogen-bond donors (Lipinski definition) is 2. The molecule has 1 aliphatic rings. The fraction of sp³-hybridized carbons (Fsp3) is 1.00. The third kappa shape index (κ3) is 4.36. The van der Waals surface area contributed by atoms with Crippen LogP contribution in [0.1, 0.15) is 38.5 Å². The Kier molecular flexibility index (Phi) is 5.88. The van der Waals surface area contributed by atoms with Gasteiger partial charge in [0.2, 0.25) is 0 Å². The molecule has 1 saturated carbocycles. The average Bonchev–Trinajstić information content (AvgIpc) is 2.57. The molecule has 1 N–H and O–H groups in total. The van der Waals surface area contributed by atoms with Crippen molar-refractivity contribution in [1.82, 2.24) is 5.32 Å². The molecule has 0 aliphatic heterocycles. The summed E-state index contributed by atoms with van der Waals surface area (Å²) in [6.45, 7) is 2.37. The van der Waals surface area contributed by atoms with Gasteiger partial charge in [0.05, 0.1) is 0 Å². The van der Waals surface area contributed by atoms with Crippen LogP contribution in [0.4, 0.5) is 0 Å². The fourth-order valence-corrected chi connectivity index (χ4v) is 2.09. The molecule has 0 spiro atoms. The summed E-state index contributed by atoms with van der Waals surface area (Å²) < 4.78 is 0. The number of hydrogen-bond acceptors (Lipinski definition) is 2. The van der Waals surface area contributed by atoms with Crippen LogP contribution in [0.2, 0.25) is 0 Å². The van der Waals surface area contributed by atoms with Gasteiger partial charge in [0.15, 0.2) is 0 Å². The van der Waals surface area contributed by atoms with E-state index in [0.717, 1.165) is 18.2 Å². The van der Waals surface area contributed by atoms with Crippen LogP contribution in [0, 0.1) is 5.92 Å². The zero-order chi connectivity index (χ0) is 8.65. The Bertz CT molecular complexity index is 100. The van der Waals surface area contributed by atoms with Crippen LogP contribution in [-0.4, -0.2) is 18.8 Å². The quantitative estimate of drug-likeness (QED) is 0.481. The predicted molar refractivity (Wildman–Crippen MR) is 57.9 cm³/mol. The van der Waals surface area contributed by atoms with E-state index in [-0.39, 0.29) is 0 Å². The van der Waals surface area contributed by atoms with Gasteiger partial charge in [-0.25, -0.2) is 0 Å². The maximum atomic E-state index is 4.17. The molecule has 1 fully saturated rings. The number of nitrogens with one attached hydrogen (secondary N) is 1. The van der Waals surface area contributed by atoms with Crippen molar-refractivity contribution in [3.05, 3.63) is 0 Å². The second kappa shape index (κ2) is 6.79. The second-order valence-corrected chi connectivity index (χ2v) is 4.21. The van der Waals surface area contributed by atoms with Gasteiger partial charge in [-0.1, -0.05) is 25.7 Å². The van der Waals surface area contributed by atoms with Crippen LogP contribution in [0.25, 0.3) is 0 Å². The topological polar surface area (TPSA) is 12.0 Å². The summed E-state index contributed by atoms with van der Waals surface area (Å²) in [5.41, 5.74) is 0. The molecule has 0 unspecified atom stereocenters. The maximum Gasteiger partial charge on any atom is -0.00411 e. The molecule has 0 amide bonds. The van der Waals surface area contributed by atoms with Gasteiger partial charge in [0.25, 0.3) is 0 Å². The van der Waals surface area contributed by atoms with Gasteiger partial charge in [-0.15, -0.1) is 0 Å². The van der Waals surface area contributed by atoms with E-state index in [1.54, 1.807) is 0 Å². The highest BCUT2D eigenvalue weighted by Gasteiger charge is 2.13. The second-order valence-electron chi connectivity index (χ2n) is 3.77. The standard InChI is InChI=1S/C10H21NS/c12-9-3-7-11-8-6-10-4-1-2-5-10/h10-12H,1-9H2. The first-order valence-electron chi connectivity index (χ1n) is 5.25. The Balaban J connectivity index is 1.81. The SMILES string of the molecule is SCCCNCCC1CCCC1. The van der Waals surface area contributed by atoms with Crippen LogP contribution in [0.3, 0.4) is 0 Å². The van der Waals surface area contributed by atoms with E-state index in [4.69, 9.17) is 0 Å². The smallest absolute Gasteiger partial charge is 0.00411 e. The molecule has 0 aromatic rings. The van der Waals surface area contributed by atoms with Gasteiger partial charge in [0.1, 0.15) is 0 Å². The van der Waals surface area contributed by atoms with Gasteiger partial charge in [-0.3, -0.25) is 0 Å². The molecule has 1 nitrogen and oxygen atoms in total. The van der Waals surface area contributed by atoms with Crippen LogP contribution >= 0.6 is 12.6 Å². The summed E-state index contributed by atoms with van der Waals surface area (Å²) in [5, 5.41) is 3.46. The maximum absolute atomic E-state index is 4.17. The van der Waals surface area contributed by atoms with E-state index in [1.807, 2.05) is 0 Å². The molecule has 0 heterocycles. The van der Waals surface area contributed by atoms with Crippen LogP contribution in [0.5, 0.6) is 0 Å². The first-order valence-corrected chi connectivity index (χ1v) is 5.88. The number of rotatable bonds is 6. The summed E-state index contributed by atoms with van der Waals surface area (Å²) in [6.07, 6.45) is 8.51. The molecule has 1 rings (SSSR count). The van der Waals surface area contributed by atoms with Gasteiger partial charge in [-0.2, -0.15) is 12.6 Å². The summed E-state index contributed by atoms with van der Waals surface area (Å²) in [6, 6.07) is 0. The van der Waals surface area contributed by atoms with Gasteiger partial charge < -0.3 is 5.32 Å². The lowest BCUT2D eigenvalue weighted by Crippen LogP contribution is -2.18. The van der Waals surface area contributed by atoms with E-state index in [1.165, 1.54) is 45.1 Å². The lowest BCUT2D eigenvalue weighted by Gasteiger charge is -2.08. The molecular formula is C10H21NS. The predicted octanol–water partition coefficient (Wildman–Crippen LogP) is 2.48. The third-order valence-corrected chi connectivity index (χ3v) is 3.03. The molecule has 12 heavy (non-hydrogen) atoms. The average molecular weight is 187 g/mol. The molecule has 0 saturated heterocycles. The highest BCUT2D eigenvalue weighted by molar-refractivity contribution is 7.80. The Morgan fingerprint density at radius 2 is 1.92 bits per heavy atom. The molecule has 0 aromatic carbocycles. The highest BCUT2D eigenvalue weighted by Crippen LogP contribution is 2.26. The Morgan fingerprint density at radius 3 is 2.58 bits per heavy atom. The van der Waals surface area contributed by atoms with E-state index in [9.17, 15) is 0 Å². The molecular weight excluding hydrogens is 166 g/mol. The van der Waals surface area contributed by atoms with Crippen molar-refractivity contribution in [1.29, 1.82) is 0 Å². The van der Waals surface area contributed by atoms with Crippen LogP contribution < -0.4 is 5.32 Å². The summed E-state index contributed by atoms with van der Waals surface area (Å²) >= 11 is 4.17. The van der Waals surface area contributed by atoms with Crippen molar-refractivity contribution in [2.24, 2.45) is 5.92 Å². The molecule has 0 radical (unpaired) electrons. The molecule has 1 aliphatic carbocycles. The lowest BCUT2D eigenvalue weighted by atomic mass is 10.0. The van der Waals surface area contributed by atoms with Crippen molar-refractivity contribution >= 4 is 12.6 Å². The van der Waals surface area contributed by atoms with Crippen molar-refractivity contribution in [2.75, 3.05) is 18.8 Å². The molecule has 2 heteroatoms. The zero-order valence-electron chi connectivity index (χ0n) is 7.89. The minimum atomic E-state index is 1.01. The monoisotopic (exact) mass is 187 g/mol. The lowest BCUT2D eigenvalue weighted by molar-refractivity contribution is 0.478. The van der Waals surface area contributed by atoms with Crippen LogP contribution in [-0.2, 0) is 0 Å². The van der Waals surface area contributed by atoms with Crippen LogP contribution in [0.15, 0.2) is 0 Å². The van der Waals surface area contributed by atoms with Gasteiger partial charge >= 0.3 is 0 Å². The largest absolute Gasteiger partial charge is 0.317 e. The molecule has 0 aromatic heterocycles. The first-order chi connectivity index (χ1) is 5.93. The van der Waals surface area contributed by atoms with Crippen molar-refractivity contribution in [3.63, 3.8) is 0 Å². The zero-order valence-corrected chi connectivity index (χ0v) is 8.78. The van der Waals surface area contributed by atoms with E-state index in [0.29, 0.717) is 0 Å².